The lowest BCUT2D eigenvalue weighted by atomic mass is 10.0. The van der Waals surface area contributed by atoms with Crippen LogP contribution in [0.1, 0.15) is 35.0 Å². The lowest BCUT2D eigenvalue weighted by Crippen LogP contribution is -2.39. The van der Waals surface area contributed by atoms with Crippen LogP contribution in [0, 0.1) is 0 Å². The van der Waals surface area contributed by atoms with Crippen molar-refractivity contribution < 1.29 is 22.7 Å². The topological polar surface area (TPSA) is 64.1 Å². The van der Waals surface area contributed by atoms with E-state index >= 15 is 0 Å². The molecular formula is C16H18F3N3O2S. The SMILES string of the molecule is CCCc1nnc(CC(NC(=O)C(F)(F)F)c2ccc(OC)cc2)s1. The highest BCUT2D eigenvalue weighted by atomic mass is 32.1. The molecule has 5 nitrogen and oxygen atoms in total. The minimum Gasteiger partial charge on any atom is -0.497 e. The van der Waals surface area contributed by atoms with Gasteiger partial charge in [0.1, 0.15) is 15.8 Å². The van der Waals surface area contributed by atoms with Crippen molar-refractivity contribution in [2.45, 2.75) is 38.4 Å². The Bertz CT molecular complexity index is 701. The number of hydrogen-bond acceptors (Lipinski definition) is 5. The van der Waals surface area contributed by atoms with Gasteiger partial charge >= 0.3 is 12.1 Å². The van der Waals surface area contributed by atoms with Crippen molar-refractivity contribution in [2.24, 2.45) is 0 Å². The highest BCUT2D eigenvalue weighted by molar-refractivity contribution is 7.11. The van der Waals surface area contributed by atoms with E-state index in [9.17, 15) is 18.0 Å². The van der Waals surface area contributed by atoms with Gasteiger partial charge < -0.3 is 10.1 Å². The number of methoxy groups -OCH3 is 1. The van der Waals surface area contributed by atoms with Crippen molar-refractivity contribution in [2.75, 3.05) is 7.11 Å². The van der Waals surface area contributed by atoms with Gasteiger partial charge in [-0.3, -0.25) is 4.79 Å². The van der Waals surface area contributed by atoms with Crippen molar-refractivity contribution in [1.82, 2.24) is 15.5 Å². The molecule has 0 bridgehead atoms. The van der Waals surface area contributed by atoms with Crippen LogP contribution in [-0.2, 0) is 17.6 Å². The number of alkyl halides is 3. The fourth-order valence-electron chi connectivity index (χ4n) is 2.19. The molecule has 0 aliphatic heterocycles. The first-order valence-corrected chi connectivity index (χ1v) is 8.48. The number of rotatable bonds is 7. The van der Waals surface area contributed by atoms with E-state index in [2.05, 4.69) is 10.2 Å². The summed E-state index contributed by atoms with van der Waals surface area (Å²) in [5.41, 5.74) is 0.533. The van der Waals surface area contributed by atoms with Crippen LogP contribution in [0.5, 0.6) is 5.75 Å². The second-order valence-corrected chi connectivity index (χ2v) is 6.49. The third kappa shape index (κ3) is 5.42. The van der Waals surface area contributed by atoms with Gasteiger partial charge in [0.2, 0.25) is 0 Å². The predicted molar refractivity (Wildman–Crippen MR) is 87.5 cm³/mol. The highest BCUT2D eigenvalue weighted by Gasteiger charge is 2.40. The van der Waals surface area contributed by atoms with E-state index in [0.29, 0.717) is 16.3 Å². The van der Waals surface area contributed by atoms with Crippen molar-refractivity contribution >= 4 is 17.2 Å². The van der Waals surface area contributed by atoms with E-state index in [0.717, 1.165) is 17.8 Å². The molecule has 1 atom stereocenters. The summed E-state index contributed by atoms with van der Waals surface area (Å²) < 4.78 is 42.9. The number of carbonyl (C=O) groups is 1. The summed E-state index contributed by atoms with van der Waals surface area (Å²) >= 11 is 1.34. The summed E-state index contributed by atoms with van der Waals surface area (Å²) in [7, 11) is 1.49. The Morgan fingerprint density at radius 2 is 1.88 bits per heavy atom. The molecule has 136 valence electrons. The van der Waals surface area contributed by atoms with Crippen molar-refractivity contribution in [3.63, 3.8) is 0 Å². The van der Waals surface area contributed by atoms with Crippen molar-refractivity contribution in [1.29, 1.82) is 0 Å². The molecular weight excluding hydrogens is 355 g/mol. The number of nitrogens with zero attached hydrogens (tertiary/aromatic N) is 2. The number of aryl methyl sites for hydroxylation is 1. The minimum absolute atomic E-state index is 0.134. The van der Waals surface area contributed by atoms with Crippen molar-refractivity contribution in [3.05, 3.63) is 39.8 Å². The lowest BCUT2D eigenvalue weighted by molar-refractivity contribution is -0.174. The Hall–Kier alpha value is -2.16. The normalized spacial score (nSPS) is 12.7. The number of ether oxygens (including phenoxy) is 1. The molecule has 1 unspecified atom stereocenters. The number of hydrogen-bond donors (Lipinski definition) is 1. The lowest BCUT2D eigenvalue weighted by Gasteiger charge is -2.19. The summed E-state index contributed by atoms with van der Waals surface area (Å²) in [6.07, 6.45) is -3.14. The summed E-state index contributed by atoms with van der Waals surface area (Å²) in [4.78, 5) is 11.4. The zero-order valence-corrected chi connectivity index (χ0v) is 14.6. The molecule has 0 aliphatic carbocycles. The number of aromatic nitrogens is 2. The van der Waals surface area contributed by atoms with Gasteiger partial charge in [-0.25, -0.2) is 0 Å². The molecule has 1 heterocycles. The van der Waals surface area contributed by atoms with E-state index in [1.54, 1.807) is 24.3 Å². The Balaban J connectivity index is 2.22. The highest BCUT2D eigenvalue weighted by Crippen LogP contribution is 2.25. The van der Waals surface area contributed by atoms with Gasteiger partial charge in [-0.15, -0.1) is 21.5 Å². The molecule has 0 spiro atoms. The Kier molecular flexibility index (Phi) is 6.35. The first-order valence-electron chi connectivity index (χ1n) is 7.66. The maximum atomic E-state index is 12.6. The van der Waals surface area contributed by atoms with E-state index in [-0.39, 0.29) is 6.42 Å². The van der Waals surface area contributed by atoms with Crippen LogP contribution < -0.4 is 10.1 Å². The molecule has 1 aromatic carbocycles. The molecule has 2 rings (SSSR count). The van der Waals surface area contributed by atoms with Crippen molar-refractivity contribution in [3.8, 4) is 5.75 Å². The predicted octanol–water partition coefficient (Wildman–Crippen LogP) is 3.46. The molecule has 0 radical (unpaired) electrons. The average Bonchev–Trinajstić information content (AvgIpc) is 3.01. The van der Waals surface area contributed by atoms with Gasteiger partial charge in [0, 0.05) is 12.8 Å². The largest absolute Gasteiger partial charge is 0.497 e. The number of amides is 1. The molecule has 0 fully saturated rings. The van der Waals surface area contributed by atoms with E-state index in [1.165, 1.54) is 18.4 Å². The molecule has 0 aliphatic rings. The van der Waals surface area contributed by atoms with Crippen LogP contribution in [0.25, 0.3) is 0 Å². The molecule has 1 N–H and O–H groups in total. The number of halogens is 3. The second-order valence-electron chi connectivity index (χ2n) is 5.34. The van der Waals surface area contributed by atoms with Crippen LogP contribution in [0.3, 0.4) is 0 Å². The monoisotopic (exact) mass is 373 g/mol. The Morgan fingerprint density at radius 1 is 1.24 bits per heavy atom. The summed E-state index contributed by atoms with van der Waals surface area (Å²) in [6, 6.07) is 5.64. The molecule has 1 aromatic heterocycles. The molecule has 0 saturated carbocycles. The Morgan fingerprint density at radius 3 is 2.44 bits per heavy atom. The molecule has 25 heavy (non-hydrogen) atoms. The van der Waals surface area contributed by atoms with Gasteiger partial charge in [0.05, 0.1) is 13.2 Å². The summed E-state index contributed by atoms with van der Waals surface area (Å²) in [6.45, 7) is 2.00. The molecule has 0 saturated heterocycles. The summed E-state index contributed by atoms with van der Waals surface area (Å²) in [5.74, 6) is -1.41. The van der Waals surface area contributed by atoms with Gasteiger partial charge in [0.15, 0.2) is 0 Å². The van der Waals surface area contributed by atoms with Crippen LogP contribution in [0.4, 0.5) is 13.2 Å². The third-order valence-corrected chi connectivity index (χ3v) is 4.44. The quantitative estimate of drug-likeness (QED) is 0.807. The summed E-state index contributed by atoms with van der Waals surface area (Å²) in [5, 5.41) is 11.5. The fourth-order valence-corrected chi connectivity index (χ4v) is 3.18. The minimum atomic E-state index is -4.95. The fraction of sp³-hybridized carbons (Fsp3) is 0.438. The third-order valence-electron chi connectivity index (χ3n) is 3.43. The smallest absolute Gasteiger partial charge is 0.471 e. The van der Waals surface area contributed by atoms with Gasteiger partial charge in [-0.1, -0.05) is 19.1 Å². The van der Waals surface area contributed by atoms with Crippen LogP contribution in [-0.4, -0.2) is 29.4 Å². The number of carbonyl (C=O) groups excluding carboxylic acids is 1. The zero-order valence-electron chi connectivity index (χ0n) is 13.8. The first kappa shape index (κ1) is 19.2. The zero-order chi connectivity index (χ0) is 18.4. The maximum absolute atomic E-state index is 12.6. The van der Waals surface area contributed by atoms with Gasteiger partial charge in [-0.05, 0) is 24.1 Å². The molecule has 1 amide bonds. The average molecular weight is 373 g/mol. The second kappa shape index (κ2) is 8.28. The standard InChI is InChI=1S/C16H18F3N3O2S/c1-3-4-13-21-22-14(25-13)9-12(20-15(23)16(17,18)19)10-5-7-11(24-2)8-6-10/h5-8,12H,3-4,9H2,1-2H3,(H,20,23). The van der Waals surface area contributed by atoms with Gasteiger partial charge in [0.25, 0.3) is 0 Å². The van der Waals surface area contributed by atoms with E-state index < -0.39 is 18.1 Å². The first-order chi connectivity index (χ1) is 11.8. The van der Waals surface area contributed by atoms with Crippen LogP contribution >= 0.6 is 11.3 Å². The van der Waals surface area contributed by atoms with E-state index in [1.807, 2.05) is 12.2 Å². The Labute approximate surface area is 147 Å². The van der Waals surface area contributed by atoms with E-state index in [4.69, 9.17) is 4.74 Å². The molecule has 2 aromatic rings. The maximum Gasteiger partial charge on any atom is 0.471 e. The number of nitrogens with one attached hydrogen (secondary N) is 1. The number of benzene rings is 1. The van der Waals surface area contributed by atoms with Crippen LogP contribution in [0.15, 0.2) is 24.3 Å². The van der Waals surface area contributed by atoms with Gasteiger partial charge in [-0.2, -0.15) is 13.2 Å². The molecule has 9 heteroatoms. The van der Waals surface area contributed by atoms with Crippen LogP contribution in [0.2, 0.25) is 0 Å².